The van der Waals surface area contributed by atoms with Gasteiger partial charge in [-0.1, -0.05) is 20.8 Å². The Balaban J connectivity index is 2.12. The molecule has 2 amide bonds. The molecule has 0 bridgehead atoms. The van der Waals surface area contributed by atoms with E-state index in [0.29, 0.717) is 38.2 Å². The highest BCUT2D eigenvalue weighted by atomic mass is 19.2. The molecule has 1 atom stereocenters. The van der Waals surface area contributed by atoms with Crippen molar-refractivity contribution in [1.82, 2.24) is 10.2 Å². The Morgan fingerprint density at radius 2 is 1.78 bits per heavy atom. The van der Waals surface area contributed by atoms with E-state index in [1.165, 1.54) is 4.90 Å². The van der Waals surface area contributed by atoms with Crippen LogP contribution in [0.5, 0.6) is 0 Å². The number of rotatable bonds is 4. The summed E-state index contributed by atoms with van der Waals surface area (Å²) in [5, 5.41) is 12.1. The van der Waals surface area contributed by atoms with Crippen molar-refractivity contribution in [2.45, 2.75) is 33.6 Å². The second-order valence-corrected chi connectivity index (χ2v) is 7.84. The van der Waals surface area contributed by atoms with Crippen molar-refractivity contribution >= 4 is 17.8 Å². The highest BCUT2D eigenvalue weighted by molar-refractivity contribution is 6.04. The lowest BCUT2D eigenvalue weighted by Crippen LogP contribution is -2.45. The number of carbonyl (C=O) groups excluding carboxylic acids is 2. The molecular weight excluding hydrogens is 358 g/mol. The number of hydrogen-bond donors (Lipinski definition) is 2. The Bertz CT molecular complexity index is 759. The Morgan fingerprint density at radius 3 is 2.33 bits per heavy atom. The van der Waals surface area contributed by atoms with Crippen molar-refractivity contribution < 1.29 is 28.3 Å². The number of aromatic carboxylic acids is 1. The van der Waals surface area contributed by atoms with Gasteiger partial charge >= 0.3 is 5.97 Å². The first-order valence-electron chi connectivity index (χ1n) is 8.80. The van der Waals surface area contributed by atoms with E-state index in [2.05, 4.69) is 5.32 Å². The summed E-state index contributed by atoms with van der Waals surface area (Å²) >= 11 is 0. The summed E-state index contributed by atoms with van der Waals surface area (Å²) in [6.07, 6.45) is 1.48. The number of hydrogen-bond acceptors (Lipinski definition) is 3. The molecule has 0 spiro atoms. The second-order valence-electron chi connectivity index (χ2n) is 7.84. The molecule has 1 saturated heterocycles. The molecule has 1 fully saturated rings. The number of nitrogens with zero attached hydrogens (tertiary/aromatic N) is 1. The third kappa shape index (κ3) is 5.02. The molecular formula is C19H24F2N2O4. The van der Waals surface area contributed by atoms with E-state index >= 15 is 0 Å². The van der Waals surface area contributed by atoms with Crippen LogP contribution in [0.25, 0.3) is 0 Å². The minimum atomic E-state index is -1.50. The number of carboxylic acid groups (broad SMARTS) is 1. The quantitative estimate of drug-likeness (QED) is 0.838. The molecule has 148 valence electrons. The fourth-order valence-corrected chi connectivity index (χ4v) is 2.99. The van der Waals surface area contributed by atoms with Crippen molar-refractivity contribution in [1.29, 1.82) is 0 Å². The minimum absolute atomic E-state index is 0.00701. The van der Waals surface area contributed by atoms with Crippen LogP contribution in [0, 0.1) is 23.0 Å². The van der Waals surface area contributed by atoms with Gasteiger partial charge in [0.2, 0.25) is 5.91 Å². The van der Waals surface area contributed by atoms with Crippen LogP contribution in [0.2, 0.25) is 0 Å². The zero-order chi connectivity index (χ0) is 20.4. The lowest BCUT2D eigenvalue weighted by molar-refractivity contribution is -0.128. The fourth-order valence-electron chi connectivity index (χ4n) is 2.99. The molecule has 1 unspecified atom stereocenters. The number of amides is 2. The predicted octanol–water partition coefficient (Wildman–Crippen LogP) is 2.68. The Morgan fingerprint density at radius 1 is 1.19 bits per heavy atom. The van der Waals surface area contributed by atoms with E-state index in [1.54, 1.807) is 20.8 Å². The Hall–Kier alpha value is -2.51. The number of piperidine rings is 1. The molecule has 8 heteroatoms. The summed E-state index contributed by atoms with van der Waals surface area (Å²) in [6, 6.07) is 1.15. The lowest BCUT2D eigenvalue weighted by atomic mass is 9.93. The standard InChI is InChI=1S/C19H24F2N2O4/c1-19(2,3)18(27)22-9-11-5-4-6-23(10-11)16(24)12-7-14(20)15(21)8-13(12)17(25)26/h7-8,11H,4-6,9-10H2,1-3H3,(H,22,27)(H,25,26). The molecule has 0 aromatic heterocycles. The zero-order valence-electron chi connectivity index (χ0n) is 15.6. The van der Waals surface area contributed by atoms with Gasteiger partial charge in [-0.05, 0) is 30.9 Å². The maximum absolute atomic E-state index is 13.6. The first-order chi connectivity index (χ1) is 12.5. The lowest BCUT2D eigenvalue weighted by Gasteiger charge is -2.33. The monoisotopic (exact) mass is 382 g/mol. The maximum Gasteiger partial charge on any atom is 0.336 e. The van der Waals surface area contributed by atoms with Gasteiger partial charge < -0.3 is 15.3 Å². The fraction of sp³-hybridized carbons (Fsp3) is 0.526. The van der Waals surface area contributed by atoms with E-state index < -0.39 is 34.5 Å². The van der Waals surface area contributed by atoms with Crippen LogP contribution in [0.3, 0.4) is 0 Å². The largest absolute Gasteiger partial charge is 0.478 e. The van der Waals surface area contributed by atoms with Crippen molar-refractivity contribution in [3.8, 4) is 0 Å². The average molecular weight is 382 g/mol. The molecule has 0 aliphatic carbocycles. The molecule has 1 aromatic carbocycles. The summed E-state index contributed by atoms with van der Waals surface area (Å²) in [5.41, 5.74) is -1.46. The molecule has 1 aliphatic heterocycles. The average Bonchev–Trinajstić information content (AvgIpc) is 2.60. The van der Waals surface area contributed by atoms with Gasteiger partial charge in [-0.2, -0.15) is 0 Å². The number of nitrogens with one attached hydrogen (secondary N) is 1. The summed E-state index contributed by atoms with van der Waals surface area (Å²) in [6.45, 7) is 6.49. The molecule has 27 heavy (non-hydrogen) atoms. The summed E-state index contributed by atoms with van der Waals surface area (Å²) in [7, 11) is 0. The number of benzene rings is 1. The summed E-state index contributed by atoms with van der Waals surface area (Å²) < 4.78 is 26.9. The van der Waals surface area contributed by atoms with E-state index in [-0.39, 0.29) is 17.4 Å². The summed E-state index contributed by atoms with van der Waals surface area (Å²) in [4.78, 5) is 37.4. The maximum atomic E-state index is 13.6. The number of likely N-dealkylation sites (tertiary alicyclic amines) is 1. The smallest absolute Gasteiger partial charge is 0.336 e. The Kier molecular flexibility index (Phi) is 6.18. The van der Waals surface area contributed by atoms with Crippen molar-refractivity contribution in [2.75, 3.05) is 19.6 Å². The van der Waals surface area contributed by atoms with Crippen LogP contribution >= 0.6 is 0 Å². The molecule has 1 aromatic rings. The van der Waals surface area contributed by atoms with Crippen LogP contribution in [0.1, 0.15) is 54.3 Å². The molecule has 6 nitrogen and oxygen atoms in total. The minimum Gasteiger partial charge on any atom is -0.478 e. The molecule has 2 rings (SSSR count). The number of carbonyl (C=O) groups is 3. The molecule has 1 aliphatic rings. The number of halogens is 2. The molecule has 0 saturated carbocycles. The second kappa shape index (κ2) is 8.02. The molecule has 0 radical (unpaired) electrons. The van der Waals surface area contributed by atoms with Crippen molar-refractivity contribution in [2.24, 2.45) is 11.3 Å². The van der Waals surface area contributed by atoms with E-state index in [9.17, 15) is 28.3 Å². The topological polar surface area (TPSA) is 86.7 Å². The highest BCUT2D eigenvalue weighted by Gasteiger charge is 2.29. The van der Waals surface area contributed by atoms with Gasteiger partial charge in [-0.25, -0.2) is 13.6 Å². The normalized spacial score (nSPS) is 17.5. The van der Waals surface area contributed by atoms with Gasteiger partial charge in [-0.3, -0.25) is 9.59 Å². The van der Waals surface area contributed by atoms with E-state index in [1.807, 2.05) is 0 Å². The van der Waals surface area contributed by atoms with Gasteiger partial charge in [0.05, 0.1) is 11.1 Å². The first-order valence-corrected chi connectivity index (χ1v) is 8.80. The summed E-state index contributed by atoms with van der Waals surface area (Å²) in [5.74, 6) is -4.83. The van der Waals surface area contributed by atoms with Crippen LogP contribution in [0.4, 0.5) is 8.78 Å². The van der Waals surface area contributed by atoms with E-state index in [4.69, 9.17) is 0 Å². The van der Waals surface area contributed by atoms with Gasteiger partial charge in [0.15, 0.2) is 11.6 Å². The van der Waals surface area contributed by atoms with Gasteiger partial charge in [0.25, 0.3) is 5.91 Å². The van der Waals surface area contributed by atoms with E-state index in [0.717, 1.165) is 6.42 Å². The van der Waals surface area contributed by atoms with Crippen LogP contribution in [0.15, 0.2) is 12.1 Å². The third-order valence-corrected chi connectivity index (χ3v) is 4.56. The molecule has 1 heterocycles. The highest BCUT2D eigenvalue weighted by Crippen LogP contribution is 2.22. The predicted molar refractivity (Wildman–Crippen MR) is 94.4 cm³/mol. The van der Waals surface area contributed by atoms with Crippen LogP contribution in [-0.4, -0.2) is 47.4 Å². The van der Waals surface area contributed by atoms with Gasteiger partial charge in [-0.15, -0.1) is 0 Å². The van der Waals surface area contributed by atoms with Crippen LogP contribution < -0.4 is 5.32 Å². The SMILES string of the molecule is CC(C)(C)C(=O)NCC1CCCN(C(=O)c2cc(F)c(F)cc2C(=O)O)C1. The van der Waals surface area contributed by atoms with Crippen molar-refractivity contribution in [3.05, 3.63) is 34.9 Å². The molecule has 2 N–H and O–H groups in total. The first kappa shape index (κ1) is 20.8. The zero-order valence-corrected chi connectivity index (χ0v) is 15.6. The van der Waals surface area contributed by atoms with Gasteiger partial charge in [0.1, 0.15) is 0 Å². The van der Waals surface area contributed by atoms with Crippen LogP contribution in [-0.2, 0) is 4.79 Å². The third-order valence-electron chi connectivity index (χ3n) is 4.56. The van der Waals surface area contributed by atoms with Gasteiger partial charge in [0, 0.05) is 25.0 Å². The Labute approximate surface area is 156 Å². The number of carboxylic acids is 1. The van der Waals surface area contributed by atoms with Crippen molar-refractivity contribution in [3.63, 3.8) is 0 Å².